The van der Waals surface area contributed by atoms with Gasteiger partial charge in [-0.05, 0) is 43.5 Å². The number of nitrogens with one attached hydrogen (secondary N) is 2. The van der Waals surface area contributed by atoms with E-state index in [1.54, 1.807) is 0 Å². The van der Waals surface area contributed by atoms with Crippen LogP contribution in [-0.2, 0) is 11.3 Å². The van der Waals surface area contributed by atoms with Crippen LogP contribution in [0, 0.1) is 18.3 Å². The van der Waals surface area contributed by atoms with Gasteiger partial charge in [-0.3, -0.25) is 4.79 Å². The number of benzene rings is 1. The number of rotatable bonds is 7. The molecule has 0 aromatic heterocycles. The lowest BCUT2D eigenvalue weighted by Crippen LogP contribution is -2.33. The number of aryl methyl sites for hydroxylation is 1. The van der Waals surface area contributed by atoms with Crippen LogP contribution in [0.1, 0.15) is 43.4 Å². The molecule has 0 saturated heterocycles. The number of carbonyl (C=O) groups is 1. The Bertz CT molecular complexity index is 491. The summed E-state index contributed by atoms with van der Waals surface area (Å²) in [6.45, 7) is 7.42. The molecule has 20 heavy (non-hydrogen) atoms. The van der Waals surface area contributed by atoms with Crippen molar-refractivity contribution in [2.75, 3.05) is 6.54 Å². The Balaban J connectivity index is 2.31. The zero-order valence-corrected chi connectivity index (χ0v) is 12.5. The zero-order valence-electron chi connectivity index (χ0n) is 12.5. The predicted octanol–water partition coefficient (Wildman–Crippen LogP) is 2.26. The maximum atomic E-state index is 11.6. The molecule has 0 fully saturated rings. The molecular weight excluding hydrogens is 250 g/mol. The summed E-state index contributed by atoms with van der Waals surface area (Å²) in [6.07, 6.45) is 1.43. The molecule has 4 heteroatoms. The highest BCUT2D eigenvalue weighted by Crippen LogP contribution is 2.10. The Labute approximate surface area is 121 Å². The lowest BCUT2D eigenvalue weighted by atomic mass is 10.1. The fraction of sp³-hybridized carbons (Fsp3) is 0.500. The summed E-state index contributed by atoms with van der Waals surface area (Å²) < 4.78 is 0. The predicted molar refractivity (Wildman–Crippen MR) is 80.1 cm³/mol. The van der Waals surface area contributed by atoms with Crippen molar-refractivity contribution < 1.29 is 4.79 Å². The van der Waals surface area contributed by atoms with Gasteiger partial charge in [-0.1, -0.05) is 13.0 Å². The molecule has 0 bridgehead atoms. The largest absolute Gasteiger partial charge is 0.354 e. The number of hydrogen-bond acceptors (Lipinski definition) is 3. The summed E-state index contributed by atoms with van der Waals surface area (Å²) >= 11 is 0. The van der Waals surface area contributed by atoms with Crippen LogP contribution in [-0.4, -0.2) is 18.5 Å². The van der Waals surface area contributed by atoms with E-state index in [2.05, 4.69) is 23.6 Å². The third kappa shape index (κ3) is 5.41. The normalized spacial score (nSPS) is 11.7. The fourth-order valence-corrected chi connectivity index (χ4v) is 1.84. The van der Waals surface area contributed by atoms with Gasteiger partial charge < -0.3 is 10.6 Å². The lowest BCUT2D eigenvalue weighted by Gasteiger charge is -2.12. The highest BCUT2D eigenvalue weighted by atomic mass is 16.1. The van der Waals surface area contributed by atoms with Crippen molar-refractivity contribution in [1.29, 1.82) is 5.26 Å². The smallest absolute Gasteiger partial charge is 0.221 e. The van der Waals surface area contributed by atoms with Crippen molar-refractivity contribution in [1.82, 2.24) is 10.6 Å². The molecule has 0 saturated carbocycles. The topological polar surface area (TPSA) is 64.9 Å². The first-order valence-corrected chi connectivity index (χ1v) is 7.06. The van der Waals surface area contributed by atoms with E-state index in [4.69, 9.17) is 5.26 Å². The van der Waals surface area contributed by atoms with E-state index < -0.39 is 0 Å². The van der Waals surface area contributed by atoms with Crippen molar-refractivity contribution in [3.8, 4) is 6.07 Å². The first-order valence-electron chi connectivity index (χ1n) is 7.06. The van der Waals surface area contributed by atoms with Crippen molar-refractivity contribution in [2.45, 2.75) is 46.2 Å². The summed E-state index contributed by atoms with van der Waals surface area (Å²) in [4.78, 5) is 11.6. The highest BCUT2D eigenvalue weighted by Gasteiger charge is 2.05. The van der Waals surface area contributed by atoms with E-state index in [1.165, 1.54) is 0 Å². The van der Waals surface area contributed by atoms with E-state index in [0.717, 1.165) is 17.5 Å². The monoisotopic (exact) mass is 273 g/mol. The SMILES string of the molecule is CCC(C)NC(=O)CCNCc1ccc(C#N)cc1C. The van der Waals surface area contributed by atoms with Crippen molar-refractivity contribution in [3.63, 3.8) is 0 Å². The van der Waals surface area contributed by atoms with Crippen molar-refractivity contribution >= 4 is 5.91 Å². The summed E-state index contributed by atoms with van der Waals surface area (Å²) in [6, 6.07) is 8.03. The Morgan fingerprint density at radius 3 is 2.80 bits per heavy atom. The highest BCUT2D eigenvalue weighted by molar-refractivity contribution is 5.76. The summed E-state index contributed by atoms with van der Waals surface area (Å²) in [5.41, 5.74) is 2.94. The number of nitriles is 1. The van der Waals surface area contributed by atoms with Crippen LogP contribution in [0.2, 0.25) is 0 Å². The van der Waals surface area contributed by atoms with E-state index in [-0.39, 0.29) is 11.9 Å². The molecule has 0 aliphatic rings. The van der Waals surface area contributed by atoms with Crippen LogP contribution in [0.15, 0.2) is 18.2 Å². The molecule has 1 aromatic carbocycles. The minimum Gasteiger partial charge on any atom is -0.354 e. The van der Waals surface area contributed by atoms with Crippen LogP contribution in [0.5, 0.6) is 0 Å². The van der Waals surface area contributed by atoms with Gasteiger partial charge in [-0.25, -0.2) is 0 Å². The molecule has 0 aliphatic carbocycles. The minimum atomic E-state index is 0.0865. The van der Waals surface area contributed by atoms with Gasteiger partial charge in [-0.2, -0.15) is 5.26 Å². The zero-order chi connectivity index (χ0) is 15.0. The molecule has 1 aromatic rings. The Kier molecular flexibility index (Phi) is 6.75. The maximum absolute atomic E-state index is 11.6. The molecule has 4 nitrogen and oxygen atoms in total. The number of amides is 1. The molecule has 1 rings (SSSR count). The lowest BCUT2D eigenvalue weighted by molar-refractivity contribution is -0.121. The second-order valence-corrected chi connectivity index (χ2v) is 5.06. The molecule has 0 spiro atoms. The Morgan fingerprint density at radius 2 is 2.20 bits per heavy atom. The van der Waals surface area contributed by atoms with E-state index in [1.807, 2.05) is 32.0 Å². The average molecular weight is 273 g/mol. The van der Waals surface area contributed by atoms with Crippen LogP contribution in [0.25, 0.3) is 0 Å². The number of carbonyl (C=O) groups excluding carboxylic acids is 1. The van der Waals surface area contributed by atoms with E-state index in [0.29, 0.717) is 25.1 Å². The third-order valence-corrected chi connectivity index (χ3v) is 3.34. The van der Waals surface area contributed by atoms with Gasteiger partial charge in [0, 0.05) is 25.6 Å². The minimum absolute atomic E-state index is 0.0865. The standard InChI is InChI=1S/C16H23N3O/c1-4-13(3)19-16(20)7-8-18-11-15-6-5-14(10-17)9-12(15)2/h5-6,9,13,18H,4,7-8,11H2,1-3H3,(H,19,20). The Hall–Kier alpha value is -1.86. The molecule has 1 atom stereocenters. The first-order chi connectivity index (χ1) is 9.56. The molecular formula is C16H23N3O. The molecule has 0 heterocycles. The number of nitrogens with zero attached hydrogens (tertiary/aromatic N) is 1. The average Bonchev–Trinajstić information content (AvgIpc) is 2.44. The van der Waals surface area contributed by atoms with E-state index in [9.17, 15) is 4.79 Å². The molecule has 1 unspecified atom stereocenters. The van der Waals surface area contributed by atoms with Gasteiger partial charge in [0.05, 0.1) is 11.6 Å². The molecule has 1 amide bonds. The third-order valence-electron chi connectivity index (χ3n) is 3.34. The van der Waals surface area contributed by atoms with Crippen molar-refractivity contribution in [3.05, 3.63) is 34.9 Å². The molecule has 2 N–H and O–H groups in total. The van der Waals surface area contributed by atoms with Crippen molar-refractivity contribution in [2.24, 2.45) is 0 Å². The van der Waals surface area contributed by atoms with Crippen LogP contribution < -0.4 is 10.6 Å². The van der Waals surface area contributed by atoms with Crippen LogP contribution >= 0.6 is 0 Å². The molecule has 0 radical (unpaired) electrons. The first kappa shape index (κ1) is 16.2. The molecule has 0 aliphatic heterocycles. The van der Waals surface area contributed by atoms with Gasteiger partial charge in [0.2, 0.25) is 5.91 Å². The maximum Gasteiger partial charge on any atom is 0.221 e. The van der Waals surface area contributed by atoms with Gasteiger partial charge in [0.15, 0.2) is 0 Å². The summed E-state index contributed by atoms with van der Waals surface area (Å²) in [5.74, 6) is 0.0865. The van der Waals surface area contributed by atoms with Crippen LogP contribution in [0.3, 0.4) is 0 Å². The Morgan fingerprint density at radius 1 is 1.45 bits per heavy atom. The van der Waals surface area contributed by atoms with Gasteiger partial charge in [0.1, 0.15) is 0 Å². The van der Waals surface area contributed by atoms with Crippen LogP contribution in [0.4, 0.5) is 0 Å². The summed E-state index contributed by atoms with van der Waals surface area (Å²) in [7, 11) is 0. The van der Waals surface area contributed by atoms with Gasteiger partial charge in [-0.15, -0.1) is 0 Å². The second-order valence-electron chi connectivity index (χ2n) is 5.06. The fourth-order valence-electron chi connectivity index (χ4n) is 1.84. The van der Waals surface area contributed by atoms with Gasteiger partial charge >= 0.3 is 0 Å². The molecule has 108 valence electrons. The van der Waals surface area contributed by atoms with Gasteiger partial charge in [0.25, 0.3) is 0 Å². The second kappa shape index (κ2) is 8.34. The quantitative estimate of drug-likeness (QED) is 0.749. The summed E-state index contributed by atoms with van der Waals surface area (Å²) in [5, 5.41) is 15.0. The van der Waals surface area contributed by atoms with E-state index >= 15 is 0 Å². The number of hydrogen-bond donors (Lipinski definition) is 2.